The number of rotatable bonds is 8. The van der Waals surface area contributed by atoms with Gasteiger partial charge in [-0.2, -0.15) is 0 Å². The Kier molecular flexibility index (Phi) is 10.3. The van der Waals surface area contributed by atoms with Crippen LogP contribution in [0.5, 0.6) is 11.5 Å². The van der Waals surface area contributed by atoms with Gasteiger partial charge < -0.3 is 20.1 Å². The Morgan fingerprint density at radius 3 is 2.56 bits per heavy atom. The molecular weight excluding hydrogens is 519 g/mol. The fourth-order valence-corrected chi connectivity index (χ4v) is 4.77. The molecule has 0 unspecified atom stereocenters. The van der Waals surface area contributed by atoms with Gasteiger partial charge >= 0.3 is 0 Å². The third kappa shape index (κ3) is 6.54. The number of aryl methyl sites for hydroxylation is 1. The van der Waals surface area contributed by atoms with Gasteiger partial charge in [0.1, 0.15) is 18.1 Å². The Morgan fingerprint density at radius 2 is 1.89 bits per heavy atom. The molecule has 0 spiro atoms. The maximum absolute atomic E-state index is 6.55. The van der Waals surface area contributed by atoms with E-state index in [0.717, 1.165) is 46.8 Å². The van der Waals surface area contributed by atoms with E-state index in [1.807, 2.05) is 31.3 Å². The monoisotopic (exact) mass is 552 g/mol. The number of methoxy groups -OCH3 is 1. The molecule has 0 amide bonds. The summed E-state index contributed by atoms with van der Waals surface area (Å²) in [5.74, 6) is 2.04. The van der Waals surface area contributed by atoms with Crippen LogP contribution in [0.2, 0.25) is 5.02 Å². The summed E-state index contributed by atoms with van der Waals surface area (Å²) in [4.78, 5) is 9.48. The Balaban J connectivity index is 0.00000228. The van der Waals surface area contributed by atoms with Crippen molar-refractivity contribution in [2.75, 3.05) is 25.6 Å². The van der Waals surface area contributed by atoms with E-state index in [0.29, 0.717) is 29.4 Å². The number of aromatic nitrogens is 2. The highest BCUT2D eigenvalue weighted by molar-refractivity contribution is 6.32. The number of halogens is 3. The summed E-state index contributed by atoms with van der Waals surface area (Å²) < 4.78 is 11.4. The van der Waals surface area contributed by atoms with E-state index in [1.54, 1.807) is 7.11 Å². The van der Waals surface area contributed by atoms with Crippen molar-refractivity contribution in [3.8, 4) is 22.8 Å². The van der Waals surface area contributed by atoms with Crippen LogP contribution in [0.1, 0.15) is 44.4 Å². The van der Waals surface area contributed by atoms with Crippen molar-refractivity contribution in [3.05, 3.63) is 58.2 Å². The van der Waals surface area contributed by atoms with E-state index in [1.165, 1.54) is 5.56 Å². The lowest BCUT2D eigenvalue weighted by Gasteiger charge is -2.33. The minimum absolute atomic E-state index is 0. The molecule has 0 atom stereocenters. The molecule has 36 heavy (non-hydrogen) atoms. The van der Waals surface area contributed by atoms with E-state index in [-0.39, 0.29) is 30.2 Å². The van der Waals surface area contributed by atoms with Crippen LogP contribution < -0.4 is 20.1 Å². The van der Waals surface area contributed by atoms with Crippen LogP contribution in [0.4, 0.5) is 11.6 Å². The van der Waals surface area contributed by atoms with Gasteiger partial charge in [-0.1, -0.05) is 45.4 Å². The van der Waals surface area contributed by atoms with E-state index >= 15 is 0 Å². The highest BCUT2D eigenvalue weighted by atomic mass is 35.5. The van der Waals surface area contributed by atoms with Crippen LogP contribution >= 0.6 is 36.4 Å². The van der Waals surface area contributed by atoms with Crippen LogP contribution in [0.15, 0.2) is 36.5 Å². The molecule has 6 nitrogen and oxygen atoms in total. The van der Waals surface area contributed by atoms with Crippen molar-refractivity contribution < 1.29 is 9.47 Å². The van der Waals surface area contributed by atoms with Crippen LogP contribution in [-0.2, 0) is 11.8 Å². The molecule has 0 saturated carbocycles. The van der Waals surface area contributed by atoms with Gasteiger partial charge in [-0.25, -0.2) is 9.97 Å². The first kappa shape index (κ1) is 30.0. The maximum Gasteiger partial charge on any atom is 0.227 e. The number of benzene rings is 2. The van der Waals surface area contributed by atoms with Crippen molar-refractivity contribution in [2.24, 2.45) is 0 Å². The fraction of sp³-hybridized carbons (Fsp3) is 0.407. The molecule has 1 aliphatic carbocycles. The molecule has 1 aliphatic rings. The molecule has 1 heterocycles. The summed E-state index contributed by atoms with van der Waals surface area (Å²) in [5.41, 5.74) is 6.18. The van der Waals surface area contributed by atoms with Gasteiger partial charge in [0.25, 0.3) is 0 Å². The number of hydrogen-bond acceptors (Lipinski definition) is 6. The van der Waals surface area contributed by atoms with Gasteiger partial charge in [-0.05, 0) is 59.7 Å². The maximum atomic E-state index is 6.55. The van der Waals surface area contributed by atoms with Crippen molar-refractivity contribution in [1.82, 2.24) is 15.3 Å². The number of nitrogens with one attached hydrogen (secondary N) is 2. The number of nitrogens with zero attached hydrogens (tertiary/aromatic N) is 2. The van der Waals surface area contributed by atoms with Crippen molar-refractivity contribution in [2.45, 2.75) is 52.5 Å². The SMILES string of the molecule is COc1ccc2c(c1)-c1nc(Nc3cc(C)c(OCCNC(C)C)c(Cl)c3)ncc1CC2(C)C.Cl.Cl. The zero-order valence-electron chi connectivity index (χ0n) is 21.6. The molecule has 4 rings (SSSR count). The van der Waals surface area contributed by atoms with E-state index < -0.39 is 0 Å². The molecule has 1 aromatic heterocycles. The predicted molar refractivity (Wildman–Crippen MR) is 153 cm³/mol. The minimum Gasteiger partial charge on any atom is -0.497 e. The number of hydrogen-bond donors (Lipinski definition) is 2. The molecule has 0 aliphatic heterocycles. The molecule has 196 valence electrons. The third-order valence-electron chi connectivity index (χ3n) is 6.09. The molecule has 0 fully saturated rings. The Labute approximate surface area is 231 Å². The van der Waals surface area contributed by atoms with Gasteiger partial charge in [0.2, 0.25) is 5.95 Å². The lowest BCUT2D eigenvalue weighted by atomic mass is 9.72. The topological polar surface area (TPSA) is 68.3 Å². The van der Waals surface area contributed by atoms with Crippen LogP contribution in [0, 0.1) is 6.92 Å². The van der Waals surface area contributed by atoms with Crippen LogP contribution in [0.25, 0.3) is 11.3 Å². The Morgan fingerprint density at radius 1 is 1.14 bits per heavy atom. The van der Waals surface area contributed by atoms with Gasteiger partial charge in [-0.3, -0.25) is 0 Å². The van der Waals surface area contributed by atoms with Crippen molar-refractivity contribution >= 4 is 48.1 Å². The minimum atomic E-state index is -0.00192. The lowest BCUT2D eigenvalue weighted by Crippen LogP contribution is -2.27. The highest BCUT2D eigenvalue weighted by Gasteiger charge is 2.32. The molecule has 2 aromatic carbocycles. The Hall–Kier alpha value is -2.25. The first-order chi connectivity index (χ1) is 16.2. The second kappa shape index (κ2) is 12.3. The quantitative estimate of drug-likeness (QED) is 0.295. The number of ether oxygens (including phenoxy) is 2. The predicted octanol–water partition coefficient (Wildman–Crippen LogP) is 6.91. The first-order valence-electron chi connectivity index (χ1n) is 11.7. The van der Waals surface area contributed by atoms with Gasteiger partial charge in [0.05, 0.1) is 17.8 Å². The summed E-state index contributed by atoms with van der Waals surface area (Å²) in [7, 11) is 1.68. The summed E-state index contributed by atoms with van der Waals surface area (Å²) in [6.45, 7) is 12.0. The summed E-state index contributed by atoms with van der Waals surface area (Å²) in [6, 6.07) is 10.5. The zero-order valence-corrected chi connectivity index (χ0v) is 24.0. The van der Waals surface area contributed by atoms with E-state index in [2.05, 4.69) is 55.4 Å². The average molecular weight is 554 g/mol. The molecule has 9 heteroatoms. The molecule has 3 aromatic rings. The molecule has 0 bridgehead atoms. The first-order valence-corrected chi connectivity index (χ1v) is 12.0. The number of anilines is 2. The summed E-state index contributed by atoms with van der Waals surface area (Å²) in [5, 5.41) is 7.21. The largest absolute Gasteiger partial charge is 0.497 e. The van der Waals surface area contributed by atoms with Crippen molar-refractivity contribution in [1.29, 1.82) is 0 Å². The van der Waals surface area contributed by atoms with E-state index in [9.17, 15) is 0 Å². The zero-order chi connectivity index (χ0) is 24.5. The molecule has 0 saturated heterocycles. The summed E-state index contributed by atoms with van der Waals surface area (Å²) >= 11 is 6.55. The fourth-order valence-electron chi connectivity index (χ4n) is 4.45. The van der Waals surface area contributed by atoms with Crippen molar-refractivity contribution in [3.63, 3.8) is 0 Å². The van der Waals surface area contributed by atoms with Gasteiger partial charge in [0.15, 0.2) is 0 Å². The average Bonchev–Trinajstić information content (AvgIpc) is 2.78. The van der Waals surface area contributed by atoms with Gasteiger partial charge in [-0.15, -0.1) is 24.8 Å². The second-order valence-corrected chi connectivity index (χ2v) is 10.1. The number of fused-ring (bicyclic) bond motifs is 3. The highest BCUT2D eigenvalue weighted by Crippen LogP contribution is 2.43. The smallest absolute Gasteiger partial charge is 0.227 e. The second-order valence-electron chi connectivity index (χ2n) is 9.73. The normalized spacial score (nSPS) is 13.1. The van der Waals surface area contributed by atoms with Gasteiger partial charge in [0, 0.05) is 30.0 Å². The summed E-state index contributed by atoms with van der Waals surface area (Å²) in [6.07, 6.45) is 2.80. The third-order valence-corrected chi connectivity index (χ3v) is 6.38. The van der Waals surface area contributed by atoms with Crippen LogP contribution in [0.3, 0.4) is 0 Å². The molecule has 0 radical (unpaired) electrons. The van der Waals surface area contributed by atoms with E-state index in [4.69, 9.17) is 26.1 Å². The lowest BCUT2D eigenvalue weighted by molar-refractivity contribution is 0.307. The molecular formula is C27H35Cl3N4O2. The molecule has 2 N–H and O–H groups in total. The standard InChI is InChI=1S/C27H33ClN4O2.2ClH/c1-16(2)29-9-10-34-25-17(3)11-19(12-23(25)28)31-26-30-15-18-14-27(4,5)22-8-7-20(33-6)13-21(22)24(18)32-26;;/h7-8,11-13,15-16,29H,9-10,14H2,1-6H3,(H,30,31,32);2*1H. The Bertz CT molecular complexity index is 1180. The van der Waals surface area contributed by atoms with Crippen LogP contribution in [-0.4, -0.2) is 36.3 Å².